The van der Waals surface area contributed by atoms with Crippen molar-refractivity contribution >= 4 is 11.8 Å². The highest BCUT2D eigenvalue weighted by Crippen LogP contribution is 2.33. The van der Waals surface area contributed by atoms with E-state index in [1.54, 1.807) is 12.3 Å². The number of nitrogens with zero attached hydrogens (tertiary/aromatic N) is 3. The van der Waals surface area contributed by atoms with Gasteiger partial charge in [-0.3, -0.25) is 14.6 Å². The molecule has 5 nitrogen and oxygen atoms in total. The van der Waals surface area contributed by atoms with Gasteiger partial charge in [0.25, 0.3) is 5.91 Å². The Labute approximate surface area is 162 Å². The lowest BCUT2D eigenvalue weighted by Crippen LogP contribution is -2.56. The van der Waals surface area contributed by atoms with Crippen molar-refractivity contribution in [2.45, 2.75) is 63.8 Å². The maximum absolute atomic E-state index is 13.0. The van der Waals surface area contributed by atoms with E-state index in [9.17, 15) is 9.59 Å². The van der Waals surface area contributed by atoms with Crippen LogP contribution in [0.25, 0.3) is 0 Å². The molecule has 1 saturated carbocycles. The molecule has 0 aromatic carbocycles. The van der Waals surface area contributed by atoms with Gasteiger partial charge in [-0.1, -0.05) is 25.3 Å². The lowest BCUT2D eigenvalue weighted by Gasteiger charge is -2.47. The minimum Gasteiger partial charge on any atom is -0.339 e. The summed E-state index contributed by atoms with van der Waals surface area (Å²) in [7, 11) is 0. The summed E-state index contributed by atoms with van der Waals surface area (Å²) in [4.78, 5) is 34.1. The fourth-order valence-corrected chi connectivity index (χ4v) is 5.30. The first kappa shape index (κ1) is 18.5. The molecular formula is C22H31N3O2. The highest BCUT2D eigenvalue weighted by molar-refractivity contribution is 5.92. The predicted octanol–water partition coefficient (Wildman–Crippen LogP) is 3.51. The van der Waals surface area contributed by atoms with Crippen LogP contribution < -0.4 is 0 Å². The Morgan fingerprint density at radius 3 is 2.63 bits per heavy atom. The summed E-state index contributed by atoms with van der Waals surface area (Å²) in [6, 6.07) is 5.80. The number of hydrogen-bond donors (Lipinski definition) is 0. The molecule has 0 radical (unpaired) electrons. The molecule has 0 unspecified atom stereocenters. The highest BCUT2D eigenvalue weighted by atomic mass is 16.2. The Bertz CT molecular complexity index is 657. The van der Waals surface area contributed by atoms with Gasteiger partial charge in [0.2, 0.25) is 5.91 Å². The van der Waals surface area contributed by atoms with Crippen LogP contribution in [-0.2, 0) is 4.79 Å². The first-order valence-corrected chi connectivity index (χ1v) is 10.7. The number of likely N-dealkylation sites (tertiary alicyclic amines) is 2. The summed E-state index contributed by atoms with van der Waals surface area (Å²) in [5.41, 5.74) is 0.525. The van der Waals surface area contributed by atoms with Gasteiger partial charge >= 0.3 is 0 Å². The van der Waals surface area contributed by atoms with E-state index in [-0.39, 0.29) is 5.91 Å². The smallest absolute Gasteiger partial charge is 0.272 e. The van der Waals surface area contributed by atoms with Gasteiger partial charge in [-0.05, 0) is 56.1 Å². The lowest BCUT2D eigenvalue weighted by molar-refractivity contribution is -0.139. The quantitative estimate of drug-likeness (QED) is 0.819. The average molecular weight is 370 g/mol. The molecule has 3 fully saturated rings. The number of fused-ring (bicyclic) bond motifs is 1. The maximum atomic E-state index is 13.0. The van der Waals surface area contributed by atoms with Crippen LogP contribution in [0.4, 0.5) is 0 Å². The van der Waals surface area contributed by atoms with Crippen LogP contribution >= 0.6 is 0 Å². The van der Waals surface area contributed by atoms with Crippen molar-refractivity contribution < 1.29 is 9.59 Å². The van der Waals surface area contributed by atoms with Crippen LogP contribution in [-0.4, -0.2) is 52.3 Å². The summed E-state index contributed by atoms with van der Waals surface area (Å²) < 4.78 is 0. The molecule has 5 heteroatoms. The van der Waals surface area contributed by atoms with E-state index in [4.69, 9.17) is 0 Å². The van der Waals surface area contributed by atoms with Gasteiger partial charge in [0, 0.05) is 38.3 Å². The number of pyridine rings is 1. The Morgan fingerprint density at radius 1 is 1.00 bits per heavy atom. The van der Waals surface area contributed by atoms with Crippen molar-refractivity contribution in [2.75, 3.05) is 19.6 Å². The Balaban J connectivity index is 1.37. The van der Waals surface area contributed by atoms with Crippen LogP contribution in [0.1, 0.15) is 68.3 Å². The lowest BCUT2D eigenvalue weighted by atomic mass is 9.82. The molecule has 146 valence electrons. The van der Waals surface area contributed by atoms with Crippen LogP contribution in [0.5, 0.6) is 0 Å². The van der Waals surface area contributed by atoms with E-state index >= 15 is 0 Å². The number of carbonyl (C=O) groups excluding carboxylic acids is 2. The van der Waals surface area contributed by atoms with Gasteiger partial charge in [-0.25, -0.2) is 0 Å². The molecule has 3 aliphatic rings. The number of aromatic nitrogens is 1. The van der Waals surface area contributed by atoms with Gasteiger partial charge in [0.05, 0.1) is 0 Å². The summed E-state index contributed by atoms with van der Waals surface area (Å²) in [5, 5.41) is 0. The molecule has 1 aliphatic carbocycles. The standard InChI is InChI=1S/C22H31N3O2/c26-21(15-17-7-2-1-3-8-17)25-13-6-9-18-16-24(14-11-20(18)25)22(27)19-10-4-5-12-23-19/h4-5,10,12,17-18,20H,1-3,6-9,11,13-16H2/t18-,20+/m1/s1. The van der Waals surface area contributed by atoms with E-state index in [0.717, 1.165) is 45.3 Å². The number of carbonyl (C=O) groups is 2. The molecule has 3 heterocycles. The van der Waals surface area contributed by atoms with Crippen molar-refractivity contribution in [3.8, 4) is 0 Å². The molecule has 0 N–H and O–H groups in total. The van der Waals surface area contributed by atoms with E-state index in [0.29, 0.717) is 29.5 Å². The zero-order valence-electron chi connectivity index (χ0n) is 16.2. The molecule has 2 aliphatic heterocycles. The van der Waals surface area contributed by atoms with Gasteiger partial charge < -0.3 is 9.80 Å². The van der Waals surface area contributed by atoms with E-state index in [1.807, 2.05) is 17.0 Å². The van der Waals surface area contributed by atoms with Gasteiger partial charge in [-0.15, -0.1) is 0 Å². The largest absolute Gasteiger partial charge is 0.339 e. The first-order chi connectivity index (χ1) is 13.2. The molecule has 0 bridgehead atoms. The van der Waals surface area contributed by atoms with E-state index in [1.165, 1.54) is 32.1 Å². The van der Waals surface area contributed by atoms with Crippen molar-refractivity contribution in [2.24, 2.45) is 11.8 Å². The molecule has 0 spiro atoms. The summed E-state index contributed by atoms with van der Waals surface area (Å²) in [6.07, 6.45) is 11.8. The second-order valence-electron chi connectivity index (χ2n) is 8.52. The van der Waals surface area contributed by atoms with Gasteiger partial charge in [0.1, 0.15) is 5.69 Å². The topological polar surface area (TPSA) is 53.5 Å². The van der Waals surface area contributed by atoms with E-state index < -0.39 is 0 Å². The van der Waals surface area contributed by atoms with Crippen molar-refractivity contribution in [1.29, 1.82) is 0 Å². The third kappa shape index (κ3) is 4.17. The SMILES string of the molecule is O=C(c1ccccn1)N1CC[C@H]2[C@H](CCCN2C(=O)CC2CCCCC2)C1. The normalized spacial score (nSPS) is 26.5. The summed E-state index contributed by atoms with van der Waals surface area (Å²) in [5.74, 6) is 1.40. The fraction of sp³-hybridized carbons (Fsp3) is 0.682. The van der Waals surface area contributed by atoms with Gasteiger partial charge in [0.15, 0.2) is 0 Å². The predicted molar refractivity (Wildman–Crippen MR) is 104 cm³/mol. The minimum absolute atomic E-state index is 0.0275. The minimum atomic E-state index is 0.0275. The average Bonchev–Trinajstić information content (AvgIpc) is 2.73. The van der Waals surface area contributed by atoms with Crippen molar-refractivity contribution in [3.63, 3.8) is 0 Å². The number of piperidine rings is 2. The Morgan fingerprint density at radius 2 is 1.85 bits per heavy atom. The zero-order valence-corrected chi connectivity index (χ0v) is 16.2. The van der Waals surface area contributed by atoms with Crippen LogP contribution in [0.15, 0.2) is 24.4 Å². The molecular weight excluding hydrogens is 338 g/mol. The number of amides is 2. The Kier molecular flexibility index (Phi) is 5.74. The maximum Gasteiger partial charge on any atom is 0.272 e. The van der Waals surface area contributed by atoms with Gasteiger partial charge in [-0.2, -0.15) is 0 Å². The second-order valence-corrected chi connectivity index (χ2v) is 8.52. The van der Waals surface area contributed by atoms with Crippen molar-refractivity contribution in [3.05, 3.63) is 30.1 Å². The van der Waals surface area contributed by atoms with Crippen LogP contribution in [0.2, 0.25) is 0 Å². The van der Waals surface area contributed by atoms with Crippen molar-refractivity contribution in [1.82, 2.24) is 14.8 Å². The molecule has 4 rings (SSSR count). The summed E-state index contributed by atoms with van der Waals surface area (Å²) in [6.45, 7) is 2.39. The fourth-order valence-electron chi connectivity index (χ4n) is 5.30. The number of hydrogen-bond acceptors (Lipinski definition) is 3. The second kappa shape index (κ2) is 8.41. The summed E-state index contributed by atoms with van der Waals surface area (Å²) >= 11 is 0. The van der Waals surface area contributed by atoms with E-state index in [2.05, 4.69) is 9.88 Å². The van der Waals surface area contributed by atoms with Crippen LogP contribution in [0, 0.1) is 11.8 Å². The third-order valence-corrected chi connectivity index (χ3v) is 6.75. The third-order valence-electron chi connectivity index (χ3n) is 6.75. The molecule has 2 atom stereocenters. The van der Waals surface area contributed by atoms with Crippen LogP contribution in [0.3, 0.4) is 0 Å². The molecule has 27 heavy (non-hydrogen) atoms. The molecule has 1 aromatic heterocycles. The zero-order chi connectivity index (χ0) is 18.6. The highest BCUT2D eigenvalue weighted by Gasteiger charge is 2.39. The monoisotopic (exact) mass is 369 g/mol. The number of rotatable bonds is 3. The Hall–Kier alpha value is -1.91. The molecule has 2 amide bonds. The first-order valence-electron chi connectivity index (χ1n) is 10.7. The molecule has 1 aromatic rings. The molecule has 2 saturated heterocycles.